The van der Waals surface area contributed by atoms with Crippen LogP contribution in [0.25, 0.3) is 0 Å². The molecule has 104 valence electrons. The van der Waals surface area contributed by atoms with E-state index in [9.17, 15) is 4.79 Å². The van der Waals surface area contributed by atoms with Gasteiger partial charge >= 0.3 is 0 Å². The summed E-state index contributed by atoms with van der Waals surface area (Å²) in [7, 11) is 1.70. The number of nitrogens with two attached hydrogens (primary N) is 1. The van der Waals surface area contributed by atoms with Gasteiger partial charge in [0.2, 0.25) is 5.91 Å². The van der Waals surface area contributed by atoms with Gasteiger partial charge in [-0.3, -0.25) is 4.79 Å². The van der Waals surface area contributed by atoms with Gasteiger partial charge in [0.15, 0.2) is 0 Å². The number of nitrogens with one attached hydrogen (secondary N) is 1. The molecule has 1 amide bonds. The van der Waals surface area contributed by atoms with Gasteiger partial charge in [-0.1, -0.05) is 30.3 Å². The van der Waals surface area contributed by atoms with Crippen LogP contribution in [0.4, 0.5) is 0 Å². The smallest absolute Gasteiger partial charge is 0.237 e. The van der Waals surface area contributed by atoms with Crippen LogP contribution in [0, 0.1) is 0 Å². The van der Waals surface area contributed by atoms with E-state index in [4.69, 9.17) is 10.5 Å². The fraction of sp³-hybridized carbons (Fsp3) is 0.533. The first-order chi connectivity index (χ1) is 9.15. The summed E-state index contributed by atoms with van der Waals surface area (Å²) in [6.45, 7) is 0.560. The molecule has 1 aromatic carbocycles. The van der Waals surface area contributed by atoms with Crippen LogP contribution in [0.15, 0.2) is 30.3 Å². The average Bonchev–Trinajstić information content (AvgIpc) is 2.39. The normalized spacial score (nSPS) is 18.4. The molecular weight excluding hydrogens is 240 g/mol. The van der Waals surface area contributed by atoms with Crippen LogP contribution in [-0.2, 0) is 16.0 Å². The van der Waals surface area contributed by atoms with E-state index >= 15 is 0 Å². The minimum atomic E-state index is -0.503. The maximum atomic E-state index is 12.0. The zero-order chi connectivity index (χ0) is 13.7. The molecule has 0 radical (unpaired) electrons. The Morgan fingerprint density at radius 1 is 1.42 bits per heavy atom. The minimum Gasteiger partial charge on any atom is -0.376 e. The third kappa shape index (κ3) is 3.55. The van der Waals surface area contributed by atoms with Gasteiger partial charge in [-0.15, -0.1) is 0 Å². The van der Waals surface area contributed by atoms with Gasteiger partial charge in [0.05, 0.1) is 11.6 Å². The highest BCUT2D eigenvalue weighted by Crippen LogP contribution is 2.34. The number of hydrogen-bond acceptors (Lipinski definition) is 3. The standard InChI is InChI=1S/C15H22N2O2/c1-19-15(8-5-9-15)11-17-14(18)13(16)10-12-6-3-2-4-7-12/h2-4,6-7,13H,5,8-11,16H2,1H3,(H,17,18). The van der Waals surface area contributed by atoms with Gasteiger partial charge < -0.3 is 15.8 Å². The van der Waals surface area contributed by atoms with Gasteiger partial charge in [-0.25, -0.2) is 0 Å². The summed E-state index contributed by atoms with van der Waals surface area (Å²) in [4.78, 5) is 12.0. The van der Waals surface area contributed by atoms with E-state index in [0.29, 0.717) is 13.0 Å². The van der Waals surface area contributed by atoms with Crippen LogP contribution < -0.4 is 11.1 Å². The van der Waals surface area contributed by atoms with E-state index in [1.165, 1.54) is 6.42 Å². The van der Waals surface area contributed by atoms with Crippen molar-refractivity contribution in [3.05, 3.63) is 35.9 Å². The molecule has 0 heterocycles. The molecule has 0 aromatic heterocycles. The number of hydrogen-bond donors (Lipinski definition) is 2. The van der Waals surface area contributed by atoms with E-state index in [1.54, 1.807) is 7.11 Å². The van der Waals surface area contributed by atoms with E-state index in [2.05, 4.69) is 5.32 Å². The van der Waals surface area contributed by atoms with Crippen molar-refractivity contribution in [2.75, 3.05) is 13.7 Å². The molecule has 1 aliphatic carbocycles. The van der Waals surface area contributed by atoms with Crippen molar-refractivity contribution < 1.29 is 9.53 Å². The number of ether oxygens (including phenoxy) is 1. The summed E-state index contributed by atoms with van der Waals surface area (Å²) >= 11 is 0. The van der Waals surface area contributed by atoms with Gasteiger partial charge in [0.1, 0.15) is 0 Å². The highest BCUT2D eigenvalue weighted by molar-refractivity contribution is 5.81. The Kier molecular flexibility index (Phi) is 4.56. The molecule has 19 heavy (non-hydrogen) atoms. The molecule has 1 saturated carbocycles. The Morgan fingerprint density at radius 3 is 2.63 bits per heavy atom. The molecule has 2 rings (SSSR count). The highest BCUT2D eigenvalue weighted by atomic mass is 16.5. The fourth-order valence-electron chi connectivity index (χ4n) is 2.36. The van der Waals surface area contributed by atoms with Gasteiger partial charge in [0.25, 0.3) is 0 Å². The maximum Gasteiger partial charge on any atom is 0.237 e. The van der Waals surface area contributed by atoms with Crippen molar-refractivity contribution in [3.8, 4) is 0 Å². The third-order valence-corrected chi connectivity index (χ3v) is 3.92. The molecule has 3 N–H and O–H groups in total. The van der Waals surface area contributed by atoms with Crippen molar-refractivity contribution in [3.63, 3.8) is 0 Å². The van der Waals surface area contributed by atoms with E-state index in [1.807, 2.05) is 30.3 Å². The van der Waals surface area contributed by atoms with Crippen LogP contribution in [0.1, 0.15) is 24.8 Å². The van der Waals surface area contributed by atoms with Crippen molar-refractivity contribution in [1.29, 1.82) is 0 Å². The van der Waals surface area contributed by atoms with Crippen LogP contribution in [0.3, 0.4) is 0 Å². The first kappa shape index (κ1) is 14.0. The lowest BCUT2D eigenvalue weighted by Gasteiger charge is -2.40. The molecule has 1 aromatic rings. The second-order valence-corrected chi connectivity index (χ2v) is 5.25. The second kappa shape index (κ2) is 6.17. The van der Waals surface area contributed by atoms with Gasteiger partial charge in [-0.2, -0.15) is 0 Å². The van der Waals surface area contributed by atoms with E-state index < -0.39 is 6.04 Å². The number of rotatable bonds is 6. The first-order valence-electron chi connectivity index (χ1n) is 6.78. The summed E-state index contributed by atoms with van der Waals surface area (Å²) in [6.07, 6.45) is 3.75. The van der Waals surface area contributed by atoms with Gasteiger partial charge in [0, 0.05) is 13.7 Å². The zero-order valence-electron chi connectivity index (χ0n) is 11.4. The third-order valence-electron chi connectivity index (χ3n) is 3.92. The van der Waals surface area contributed by atoms with Crippen molar-refractivity contribution in [1.82, 2.24) is 5.32 Å². The largest absolute Gasteiger partial charge is 0.376 e. The Balaban J connectivity index is 1.79. The number of benzene rings is 1. The van der Waals surface area contributed by atoms with E-state index in [0.717, 1.165) is 18.4 Å². The number of carbonyl (C=O) groups is 1. The number of methoxy groups -OCH3 is 1. The predicted molar refractivity (Wildman–Crippen MR) is 74.7 cm³/mol. The van der Waals surface area contributed by atoms with Crippen LogP contribution >= 0.6 is 0 Å². The topological polar surface area (TPSA) is 64.3 Å². The Labute approximate surface area is 114 Å². The van der Waals surface area contributed by atoms with Crippen LogP contribution in [0.2, 0.25) is 0 Å². The molecule has 1 fully saturated rings. The van der Waals surface area contributed by atoms with E-state index in [-0.39, 0.29) is 11.5 Å². The summed E-state index contributed by atoms with van der Waals surface area (Å²) in [6, 6.07) is 9.32. The Hall–Kier alpha value is -1.39. The fourth-order valence-corrected chi connectivity index (χ4v) is 2.36. The molecule has 0 spiro atoms. The van der Waals surface area contributed by atoms with Crippen molar-refractivity contribution in [2.45, 2.75) is 37.3 Å². The molecular formula is C15H22N2O2. The van der Waals surface area contributed by atoms with Crippen molar-refractivity contribution in [2.24, 2.45) is 5.73 Å². The second-order valence-electron chi connectivity index (χ2n) is 5.25. The Bertz CT molecular complexity index is 410. The minimum absolute atomic E-state index is 0.104. The number of amides is 1. The first-order valence-corrected chi connectivity index (χ1v) is 6.78. The molecule has 0 saturated heterocycles. The summed E-state index contributed by atoms with van der Waals surface area (Å²) in [5, 5.41) is 2.91. The molecule has 4 heteroatoms. The Morgan fingerprint density at radius 2 is 2.11 bits per heavy atom. The quantitative estimate of drug-likeness (QED) is 0.810. The zero-order valence-corrected chi connectivity index (χ0v) is 11.4. The molecule has 1 unspecified atom stereocenters. The highest BCUT2D eigenvalue weighted by Gasteiger charge is 2.37. The molecule has 1 atom stereocenters. The molecule has 4 nitrogen and oxygen atoms in total. The number of carbonyl (C=O) groups excluding carboxylic acids is 1. The average molecular weight is 262 g/mol. The lowest BCUT2D eigenvalue weighted by atomic mass is 9.80. The molecule has 0 bridgehead atoms. The lowest BCUT2D eigenvalue weighted by molar-refractivity contribution is -0.126. The maximum absolute atomic E-state index is 12.0. The van der Waals surface area contributed by atoms with Gasteiger partial charge in [-0.05, 0) is 31.2 Å². The lowest BCUT2D eigenvalue weighted by Crippen LogP contribution is -2.52. The predicted octanol–water partition coefficient (Wildman–Crippen LogP) is 1.24. The van der Waals surface area contributed by atoms with Crippen LogP contribution in [-0.4, -0.2) is 31.2 Å². The molecule has 0 aliphatic heterocycles. The van der Waals surface area contributed by atoms with Crippen LogP contribution in [0.5, 0.6) is 0 Å². The molecule has 1 aliphatic rings. The SMILES string of the molecule is COC1(CNC(=O)C(N)Cc2ccccc2)CCC1. The summed E-state index contributed by atoms with van der Waals surface area (Å²) in [5.41, 5.74) is 6.85. The van der Waals surface area contributed by atoms with Crippen molar-refractivity contribution >= 4 is 5.91 Å². The summed E-state index contributed by atoms with van der Waals surface area (Å²) in [5.74, 6) is -0.104. The summed E-state index contributed by atoms with van der Waals surface area (Å²) < 4.78 is 5.47. The monoisotopic (exact) mass is 262 g/mol.